The molecule has 5 heteroatoms. The van der Waals surface area contributed by atoms with Gasteiger partial charge in [-0.2, -0.15) is 8.75 Å². The average molecular weight is 405 g/mol. The summed E-state index contributed by atoms with van der Waals surface area (Å²) >= 11 is 2.91. The zero-order valence-corrected chi connectivity index (χ0v) is 17.8. The first-order valence-corrected chi connectivity index (χ1v) is 11.8. The number of nitrogens with zero attached hydrogens (tertiary/aromatic N) is 2. The SMILES string of the molecule is CCCCCCCCCCCCc1ccc(-c2cc(F)cc3nsnc23)s1. The third-order valence-corrected chi connectivity index (χ3v) is 6.75. The molecule has 0 amide bonds. The van der Waals surface area contributed by atoms with E-state index in [4.69, 9.17) is 0 Å². The van der Waals surface area contributed by atoms with Crippen LogP contribution in [0, 0.1) is 5.82 Å². The standard InChI is InChI=1S/C22H29FN2S2/c1-2-3-4-5-6-7-8-9-10-11-12-18-13-14-21(26-18)19-15-17(23)16-20-22(19)25-27-24-20/h13-16H,2-12H2,1H3. The van der Waals surface area contributed by atoms with Gasteiger partial charge >= 0.3 is 0 Å². The van der Waals surface area contributed by atoms with Crippen LogP contribution in [0.25, 0.3) is 21.5 Å². The summed E-state index contributed by atoms with van der Waals surface area (Å²) in [5.41, 5.74) is 2.34. The summed E-state index contributed by atoms with van der Waals surface area (Å²) in [5, 5.41) is 0. The van der Waals surface area contributed by atoms with Crippen molar-refractivity contribution in [2.45, 2.75) is 77.6 Å². The fourth-order valence-electron chi connectivity index (χ4n) is 3.49. The van der Waals surface area contributed by atoms with E-state index in [1.807, 2.05) is 0 Å². The molecule has 3 aromatic rings. The first kappa shape index (κ1) is 20.4. The molecular formula is C22H29FN2S2. The van der Waals surface area contributed by atoms with E-state index < -0.39 is 0 Å². The smallest absolute Gasteiger partial charge is 0.126 e. The van der Waals surface area contributed by atoms with Crippen LogP contribution in [0.4, 0.5) is 4.39 Å². The van der Waals surface area contributed by atoms with Crippen molar-refractivity contribution in [3.05, 3.63) is 35.0 Å². The molecule has 0 unspecified atom stereocenters. The average Bonchev–Trinajstić information content (AvgIpc) is 3.32. The Hall–Kier alpha value is -1.33. The van der Waals surface area contributed by atoms with Crippen molar-refractivity contribution >= 4 is 34.1 Å². The maximum absolute atomic E-state index is 13.8. The second kappa shape index (κ2) is 10.9. The highest BCUT2D eigenvalue weighted by molar-refractivity contribution is 7.15. The Morgan fingerprint density at radius 2 is 1.56 bits per heavy atom. The number of aromatic nitrogens is 2. The summed E-state index contributed by atoms with van der Waals surface area (Å²) in [6.45, 7) is 2.27. The van der Waals surface area contributed by atoms with E-state index >= 15 is 0 Å². The van der Waals surface area contributed by atoms with Gasteiger partial charge < -0.3 is 0 Å². The number of thiophene rings is 1. The number of rotatable bonds is 12. The molecule has 1 aromatic carbocycles. The summed E-state index contributed by atoms with van der Waals surface area (Å²) in [6.07, 6.45) is 14.7. The molecular weight excluding hydrogens is 375 g/mol. The highest BCUT2D eigenvalue weighted by Crippen LogP contribution is 2.34. The van der Waals surface area contributed by atoms with E-state index in [0.29, 0.717) is 5.52 Å². The highest BCUT2D eigenvalue weighted by Gasteiger charge is 2.12. The van der Waals surface area contributed by atoms with Crippen molar-refractivity contribution in [2.75, 3.05) is 0 Å². The molecule has 0 spiro atoms. The lowest BCUT2D eigenvalue weighted by atomic mass is 10.1. The summed E-state index contributed by atoms with van der Waals surface area (Å²) < 4.78 is 22.4. The van der Waals surface area contributed by atoms with Gasteiger partial charge in [0.25, 0.3) is 0 Å². The molecule has 0 saturated carbocycles. The second-order valence-corrected chi connectivity index (χ2v) is 8.98. The maximum atomic E-state index is 13.8. The third kappa shape index (κ3) is 6.08. The zero-order chi connectivity index (χ0) is 18.9. The quantitative estimate of drug-likeness (QED) is 0.286. The van der Waals surface area contributed by atoms with Gasteiger partial charge in [-0.15, -0.1) is 11.3 Å². The van der Waals surface area contributed by atoms with Gasteiger partial charge in [-0.05, 0) is 31.0 Å². The Labute approximate surface area is 170 Å². The van der Waals surface area contributed by atoms with Crippen LogP contribution in [-0.4, -0.2) is 8.75 Å². The van der Waals surface area contributed by atoms with E-state index in [1.54, 1.807) is 17.4 Å². The van der Waals surface area contributed by atoms with E-state index in [9.17, 15) is 4.39 Å². The number of benzene rings is 1. The van der Waals surface area contributed by atoms with Gasteiger partial charge in [0.2, 0.25) is 0 Å². The van der Waals surface area contributed by atoms with Crippen LogP contribution in [0.5, 0.6) is 0 Å². The van der Waals surface area contributed by atoms with E-state index in [-0.39, 0.29) is 5.82 Å². The predicted octanol–water partition coefficient (Wildman–Crippen LogP) is 8.02. The van der Waals surface area contributed by atoms with Crippen LogP contribution in [0.15, 0.2) is 24.3 Å². The minimum absolute atomic E-state index is 0.241. The van der Waals surface area contributed by atoms with Crippen LogP contribution >= 0.6 is 23.1 Å². The van der Waals surface area contributed by atoms with Crippen molar-refractivity contribution in [1.82, 2.24) is 8.75 Å². The van der Waals surface area contributed by atoms with Gasteiger partial charge in [-0.3, -0.25) is 0 Å². The largest absolute Gasteiger partial charge is 0.207 e. The molecule has 2 heterocycles. The molecule has 0 saturated heterocycles. The minimum atomic E-state index is -0.241. The van der Waals surface area contributed by atoms with E-state index in [2.05, 4.69) is 27.8 Å². The highest BCUT2D eigenvalue weighted by atomic mass is 32.1. The first-order valence-electron chi connectivity index (χ1n) is 10.3. The van der Waals surface area contributed by atoms with Crippen molar-refractivity contribution in [3.63, 3.8) is 0 Å². The molecule has 27 heavy (non-hydrogen) atoms. The molecule has 2 aromatic heterocycles. The van der Waals surface area contributed by atoms with Gasteiger partial charge in [0.15, 0.2) is 0 Å². The first-order chi connectivity index (χ1) is 13.3. The molecule has 0 aliphatic heterocycles. The topological polar surface area (TPSA) is 25.8 Å². The van der Waals surface area contributed by atoms with Crippen LogP contribution in [0.3, 0.4) is 0 Å². The molecule has 2 nitrogen and oxygen atoms in total. The minimum Gasteiger partial charge on any atom is -0.207 e. The number of fused-ring (bicyclic) bond motifs is 1. The fraction of sp³-hybridized carbons (Fsp3) is 0.545. The summed E-state index contributed by atoms with van der Waals surface area (Å²) in [4.78, 5) is 2.47. The van der Waals surface area contributed by atoms with Gasteiger partial charge in [0, 0.05) is 21.4 Å². The third-order valence-electron chi connectivity index (χ3n) is 5.03. The van der Waals surface area contributed by atoms with Crippen LogP contribution in [0.1, 0.15) is 76.0 Å². The Balaban J connectivity index is 1.40. The summed E-state index contributed by atoms with van der Waals surface area (Å²) in [7, 11) is 0. The Morgan fingerprint density at radius 3 is 2.30 bits per heavy atom. The Bertz CT molecular complexity index is 825. The molecule has 146 valence electrons. The number of aryl methyl sites for hydroxylation is 1. The van der Waals surface area contributed by atoms with Crippen LogP contribution < -0.4 is 0 Å². The molecule has 0 bridgehead atoms. The second-order valence-electron chi connectivity index (χ2n) is 7.28. The van der Waals surface area contributed by atoms with Gasteiger partial charge in [-0.25, -0.2) is 4.39 Å². The Kier molecular flexibility index (Phi) is 8.21. The van der Waals surface area contributed by atoms with Gasteiger partial charge in [0.05, 0.1) is 11.7 Å². The predicted molar refractivity (Wildman–Crippen MR) is 116 cm³/mol. The van der Waals surface area contributed by atoms with Crippen molar-refractivity contribution in [2.24, 2.45) is 0 Å². The number of unbranched alkanes of at least 4 members (excludes halogenated alkanes) is 9. The molecule has 0 radical (unpaired) electrons. The van der Waals surface area contributed by atoms with Crippen LogP contribution in [0.2, 0.25) is 0 Å². The number of halogens is 1. The van der Waals surface area contributed by atoms with Gasteiger partial charge in [-0.1, -0.05) is 64.7 Å². The van der Waals surface area contributed by atoms with E-state index in [1.165, 1.54) is 75.2 Å². The van der Waals surface area contributed by atoms with Crippen molar-refractivity contribution in [3.8, 4) is 10.4 Å². The summed E-state index contributed by atoms with van der Waals surface area (Å²) in [6, 6.07) is 7.33. The molecule has 0 fully saturated rings. The maximum Gasteiger partial charge on any atom is 0.126 e. The monoisotopic (exact) mass is 404 g/mol. The lowest BCUT2D eigenvalue weighted by Crippen LogP contribution is -1.84. The number of hydrogen-bond donors (Lipinski definition) is 0. The molecule has 0 aliphatic carbocycles. The fourth-order valence-corrected chi connectivity index (χ4v) is 5.10. The number of hydrogen-bond acceptors (Lipinski definition) is 4. The lowest BCUT2D eigenvalue weighted by molar-refractivity contribution is 0.557. The summed E-state index contributed by atoms with van der Waals surface area (Å²) in [5.74, 6) is -0.241. The Morgan fingerprint density at radius 1 is 0.852 bits per heavy atom. The van der Waals surface area contributed by atoms with Crippen LogP contribution in [-0.2, 0) is 6.42 Å². The van der Waals surface area contributed by atoms with Crippen molar-refractivity contribution < 1.29 is 4.39 Å². The normalized spacial score (nSPS) is 11.5. The van der Waals surface area contributed by atoms with Crippen molar-refractivity contribution in [1.29, 1.82) is 0 Å². The lowest BCUT2D eigenvalue weighted by Gasteiger charge is -2.02. The van der Waals surface area contributed by atoms with Gasteiger partial charge in [0.1, 0.15) is 16.9 Å². The molecule has 0 N–H and O–H groups in total. The van der Waals surface area contributed by atoms with E-state index in [0.717, 1.165) is 34.1 Å². The zero-order valence-electron chi connectivity index (χ0n) is 16.2. The molecule has 3 rings (SSSR count). The molecule has 0 atom stereocenters. The molecule has 0 aliphatic rings.